The molecule has 3 heterocycles. The monoisotopic (exact) mass is 375 g/mol. The maximum Gasteiger partial charge on any atom is 0.249 e. The van der Waals surface area contributed by atoms with E-state index in [4.69, 9.17) is 0 Å². The Morgan fingerprint density at radius 2 is 2.35 bits per heavy atom. The molecule has 4 rings (SSSR count). The molecule has 0 saturated carbocycles. The van der Waals surface area contributed by atoms with Gasteiger partial charge in [0, 0.05) is 30.1 Å². The molecule has 1 amide bonds. The molecule has 0 aromatic carbocycles. The van der Waals surface area contributed by atoms with Gasteiger partial charge in [0.2, 0.25) is 11.9 Å². The number of fused-ring (bicyclic) bond motifs is 2. The zero-order chi connectivity index (χ0) is 16.0. The molecule has 1 aliphatic rings. The van der Waals surface area contributed by atoms with Crippen LogP contribution in [0.25, 0.3) is 5.65 Å². The Kier molecular flexibility index (Phi) is 3.37. The van der Waals surface area contributed by atoms with Crippen molar-refractivity contribution in [3.8, 4) is 0 Å². The number of rotatable bonds is 2. The topological polar surface area (TPSA) is 90.0 Å². The maximum absolute atomic E-state index is 12.5. The third-order valence-electron chi connectivity index (χ3n) is 4.10. The summed E-state index contributed by atoms with van der Waals surface area (Å²) in [6, 6.07) is 3.71. The fourth-order valence-corrected chi connectivity index (χ4v) is 3.18. The largest absolute Gasteiger partial charge is 0.293 e. The highest BCUT2D eigenvalue weighted by molar-refractivity contribution is 9.10. The van der Waals surface area contributed by atoms with Gasteiger partial charge in [-0.15, -0.1) is 10.2 Å². The lowest BCUT2D eigenvalue weighted by atomic mass is 9.89. The zero-order valence-electron chi connectivity index (χ0n) is 12.4. The summed E-state index contributed by atoms with van der Waals surface area (Å²) in [5, 5.41) is 15.2. The van der Waals surface area contributed by atoms with Gasteiger partial charge in [-0.2, -0.15) is 4.98 Å². The second-order valence-corrected chi connectivity index (χ2v) is 6.53. The first-order valence-electron chi connectivity index (χ1n) is 7.30. The lowest BCUT2D eigenvalue weighted by molar-refractivity contribution is -0.120. The minimum atomic E-state index is -0.113. The zero-order valence-corrected chi connectivity index (χ0v) is 14.0. The quantitative estimate of drug-likeness (QED) is 0.730. The van der Waals surface area contributed by atoms with Crippen LogP contribution >= 0.6 is 15.9 Å². The molecule has 0 aliphatic heterocycles. The SMILES string of the molecule is Cn1nnc2c1CC(C(=O)Nc1nc3cc(Br)ccn3n1)CC2. The van der Waals surface area contributed by atoms with Gasteiger partial charge in [-0.05, 0) is 25.0 Å². The number of aromatic nitrogens is 6. The third-order valence-corrected chi connectivity index (χ3v) is 4.59. The molecular weight excluding hydrogens is 362 g/mol. The van der Waals surface area contributed by atoms with Gasteiger partial charge >= 0.3 is 0 Å². The van der Waals surface area contributed by atoms with Crippen molar-refractivity contribution in [2.24, 2.45) is 13.0 Å². The Balaban J connectivity index is 1.52. The van der Waals surface area contributed by atoms with Crippen LogP contribution in [-0.4, -0.2) is 35.5 Å². The number of halogens is 1. The van der Waals surface area contributed by atoms with Gasteiger partial charge in [0.25, 0.3) is 0 Å². The first-order chi connectivity index (χ1) is 11.1. The summed E-state index contributed by atoms with van der Waals surface area (Å²) in [5.74, 6) is 0.145. The molecule has 23 heavy (non-hydrogen) atoms. The van der Waals surface area contributed by atoms with Crippen LogP contribution in [0.4, 0.5) is 5.95 Å². The van der Waals surface area contributed by atoms with Gasteiger partial charge in [0.05, 0.1) is 11.4 Å². The molecule has 0 fully saturated rings. The molecule has 8 nitrogen and oxygen atoms in total. The molecule has 0 spiro atoms. The Bertz CT molecular complexity index is 900. The summed E-state index contributed by atoms with van der Waals surface area (Å²) in [6.45, 7) is 0. The molecule has 1 aliphatic carbocycles. The molecule has 3 aromatic heterocycles. The minimum absolute atomic E-state index is 0.0631. The second-order valence-electron chi connectivity index (χ2n) is 5.62. The summed E-state index contributed by atoms with van der Waals surface area (Å²) >= 11 is 3.39. The fraction of sp³-hybridized carbons (Fsp3) is 0.357. The molecule has 0 saturated heterocycles. The van der Waals surface area contributed by atoms with Gasteiger partial charge in [0.1, 0.15) is 0 Å². The van der Waals surface area contributed by atoms with E-state index in [1.165, 1.54) is 0 Å². The normalized spacial score (nSPS) is 17.2. The van der Waals surface area contributed by atoms with Crippen LogP contribution in [0, 0.1) is 5.92 Å². The van der Waals surface area contributed by atoms with Gasteiger partial charge in [-0.1, -0.05) is 21.1 Å². The van der Waals surface area contributed by atoms with Crippen molar-refractivity contribution in [2.45, 2.75) is 19.3 Å². The second kappa shape index (κ2) is 5.41. The van der Waals surface area contributed by atoms with Crippen LogP contribution in [-0.2, 0) is 24.7 Å². The molecule has 9 heteroatoms. The van der Waals surface area contributed by atoms with Gasteiger partial charge in [-0.3, -0.25) is 14.8 Å². The highest BCUT2D eigenvalue weighted by atomic mass is 79.9. The van der Waals surface area contributed by atoms with E-state index >= 15 is 0 Å². The van der Waals surface area contributed by atoms with E-state index in [1.807, 2.05) is 19.2 Å². The number of anilines is 1. The van der Waals surface area contributed by atoms with Crippen LogP contribution in [0.3, 0.4) is 0 Å². The summed E-state index contributed by atoms with van der Waals surface area (Å²) in [7, 11) is 1.85. The van der Waals surface area contributed by atoms with Crippen molar-refractivity contribution >= 4 is 33.4 Å². The lowest BCUT2D eigenvalue weighted by Crippen LogP contribution is -2.29. The third kappa shape index (κ3) is 2.61. The first kappa shape index (κ1) is 14.3. The van der Waals surface area contributed by atoms with E-state index in [-0.39, 0.29) is 11.8 Å². The molecule has 0 radical (unpaired) electrons. The van der Waals surface area contributed by atoms with Gasteiger partial charge in [0.15, 0.2) is 5.65 Å². The number of nitrogens with zero attached hydrogens (tertiary/aromatic N) is 6. The number of aryl methyl sites for hydroxylation is 2. The number of nitrogens with one attached hydrogen (secondary N) is 1. The number of amides is 1. The van der Waals surface area contributed by atoms with Crippen molar-refractivity contribution < 1.29 is 4.79 Å². The molecule has 118 valence electrons. The van der Waals surface area contributed by atoms with E-state index in [9.17, 15) is 4.79 Å². The van der Waals surface area contributed by atoms with E-state index in [0.717, 1.165) is 28.7 Å². The summed E-state index contributed by atoms with van der Waals surface area (Å²) in [5.41, 5.74) is 2.70. The van der Waals surface area contributed by atoms with Gasteiger partial charge < -0.3 is 0 Å². The van der Waals surface area contributed by atoms with Crippen molar-refractivity contribution in [3.63, 3.8) is 0 Å². The predicted molar refractivity (Wildman–Crippen MR) is 85.8 cm³/mol. The fourth-order valence-electron chi connectivity index (χ4n) is 2.86. The molecule has 1 unspecified atom stereocenters. The van der Waals surface area contributed by atoms with Crippen molar-refractivity contribution in [1.29, 1.82) is 0 Å². The van der Waals surface area contributed by atoms with Crippen LogP contribution < -0.4 is 5.32 Å². The van der Waals surface area contributed by atoms with Crippen LogP contribution in [0.15, 0.2) is 22.8 Å². The summed E-state index contributed by atoms with van der Waals surface area (Å²) in [4.78, 5) is 16.8. The molecule has 1 atom stereocenters. The highest BCUT2D eigenvalue weighted by Crippen LogP contribution is 2.24. The average molecular weight is 376 g/mol. The van der Waals surface area contributed by atoms with Gasteiger partial charge in [-0.25, -0.2) is 4.52 Å². The van der Waals surface area contributed by atoms with Crippen molar-refractivity contribution in [2.75, 3.05) is 5.32 Å². The van der Waals surface area contributed by atoms with Crippen molar-refractivity contribution in [3.05, 3.63) is 34.2 Å². The number of carbonyl (C=O) groups is 1. The minimum Gasteiger partial charge on any atom is -0.293 e. The first-order valence-corrected chi connectivity index (χ1v) is 8.09. The standard InChI is InChI=1S/C14H14BrN7O/c1-21-11-6-8(2-3-10(11)18-20-21)13(23)17-14-16-12-7-9(15)4-5-22(12)19-14/h4-5,7-8H,2-3,6H2,1H3,(H,17,19,23). The van der Waals surface area contributed by atoms with Crippen LogP contribution in [0.5, 0.6) is 0 Å². The molecule has 0 bridgehead atoms. The Morgan fingerprint density at radius 3 is 3.22 bits per heavy atom. The highest BCUT2D eigenvalue weighted by Gasteiger charge is 2.28. The average Bonchev–Trinajstić information content (AvgIpc) is 3.10. The Labute approximate surface area is 140 Å². The number of pyridine rings is 1. The smallest absolute Gasteiger partial charge is 0.249 e. The molecule has 3 aromatic rings. The number of carbonyl (C=O) groups excluding carboxylic acids is 1. The van der Waals surface area contributed by atoms with E-state index in [2.05, 4.69) is 41.6 Å². The lowest BCUT2D eigenvalue weighted by Gasteiger charge is -2.20. The van der Waals surface area contributed by atoms with E-state index in [1.54, 1.807) is 15.4 Å². The Morgan fingerprint density at radius 1 is 1.48 bits per heavy atom. The number of hydrogen-bond donors (Lipinski definition) is 1. The Hall–Kier alpha value is -2.29. The predicted octanol–water partition coefficient (Wildman–Crippen LogP) is 1.36. The molecule has 1 N–H and O–H groups in total. The van der Waals surface area contributed by atoms with Crippen LogP contribution in [0.2, 0.25) is 0 Å². The van der Waals surface area contributed by atoms with E-state index in [0.29, 0.717) is 18.0 Å². The van der Waals surface area contributed by atoms with E-state index < -0.39 is 0 Å². The number of hydrogen-bond acceptors (Lipinski definition) is 5. The maximum atomic E-state index is 12.5. The summed E-state index contributed by atoms with van der Waals surface area (Å²) < 4.78 is 4.29. The summed E-state index contributed by atoms with van der Waals surface area (Å²) in [6.07, 6.45) is 3.96. The van der Waals surface area contributed by atoms with Crippen LogP contribution in [0.1, 0.15) is 17.8 Å². The van der Waals surface area contributed by atoms with Crippen molar-refractivity contribution in [1.82, 2.24) is 29.6 Å². The molecular formula is C14H14BrN7O.